The monoisotopic (exact) mass is 260 g/mol. The summed E-state index contributed by atoms with van der Waals surface area (Å²) < 4.78 is 5.59. The number of nitrogens with one attached hydrogen (secondary N) is 1. The Labute approximate surface area is 113 Å². The number of ether oxygens (including phenoxy) is 1. The third kappa shape index (κ3) is 2.59. The van der Waals surface area contributed by atoms with Gasteiger partial charge in [-0.1, -0.05) is 18.2 Å². The maximum Gasteiger partial charge on any atom is 0.245 e. The van der Waals surface area contributed by atoms with E-state index in [1.807, 2.05) is 30.0 Å². The van der Waals surface area contributed by atoms with E-state index in [4.69, 9.17) is 4.74 Å². The van der Waals surface area contributed by atoms with Crippen LogP contribution in [0.4, 0.5) is 5.69 Å². The molecule has 2 aliphatic rings. The van der Waals surface area contributed by atoms with Gasteiger partial charge < -0.3 is 15.0 Å². The number of rotatable bonds is 1. The van der Waals surface area contributed by atoms with Crippen molar-refractivity contribution in [3.63, 3.8) is 0 Å². The average Bonchev–Trinajstić information content (AvgIpc) is 2.73. The molecule has 19 heavy (non-hydrogen) atoms. The lowest BCUT2D eigenvalue weighted by molar-refractivity contribution is -0.132. The minimum atomic E-state index is -0.109. The predicted molar refractivity (Wildman–Crippen MR) is 74.2 cm³/mol. The molecule has 4 heteroatoms. The molecule has 1 amide bonds. The Morgan fingerprint density at radius 1 is 1.42 bits per heavy atom. The molecule has 3 rings (SSSR count). The fourth-order valence-electron chi connectivity index (χ4n) is 2.86. The maximum absolute atomic E-state index is 12.6. The SMILES string of the molecule is CC1CN(C(=O)[C@@H]2Cc3ccccc3N2)CCCO1. The highest BCUT2D eigenvalue weighted by Crippen LogP contribution is 2.26. The van der Waals surface area contributed by atoms with Gasteiger partial charge >= 0.3 is 0 Å². The first kappa shape index (κ1) is 12.5. The third-order valence-electron chi connectivity index (χ3n) is 3.83. The summed E-state index contributed by atoms with van der Waals surface area (Å²) in [6.07, 6.45) is 1.85. The van der Waals surface area contributed by atoms with Crippen molar-refractivity contribution in [3.8, 4) is 0 Å². The van der Waals surface area contributed by atoms with Crippen molar-refractivity contribution in [1.82, 2.24) is 4.90 Å². The minimum Gasteiger partial charge on any atom is -0.377 e. The van der Waals surface area contributed by atoms with Crippen LogP contribution in [0, 0.1) is 0 Å². The zero-order valence-electron chi connectivity index (χ0n) is 11.3. The minimum absolute atomic E-state index is 0.109. The highest BCUT2D eigenvalue weighted by molar-refractivity contribution is 5.87. The Balaban J connectivity index is 1.68. The van der Waals surface area contributed by atoms with E-state index in [2.05, 4.69) is 11.4 Å². The smallest absolute Gasteiger partial charge is 0.245 e. The largest absolute Gasteiger partial charge is 0.377 e. The second-order valence-corrected chi connectivity index (χ2v) is 5.38. The molecule has 1 unspecified atom stereocenters. The van der Waals surface area contributed by atoms with Gasteiger partial charge in [-0.05, 0) is 25.0 Å². The molecule has 1 N–H and O–H groups in total. The first-order chi connectivity index (χ1) is 9.24. The van der Waals surface area contributed by atoms with Crippen molar-refractivity contribution in [2.45, 2.75) is 31.9 Å². The van der Waals surface area contributed by atoms with Gasteiger partial charge in [0.25, 0.3) is 0 Å². The van der Waals surface area contributed by atoms with Crippen LogP contribution in [0.2, 0.25) is 0 Å². The molecule has 2 heterocycles. The van der Waals surface area contributed by atoms with Crippen LogP contribution in [-0.4, -0.2) is 42.6 Å². The van der Waals surface area contributed by atoms with Crippen LogP contribution in [0.1, 0.15) is 18.9 Å². The molecule has 4 nitrogen and oxygen atoms in total. The molecular formula is C15H20N2O2. The fourth-order valence-corrected chi connectivity index (χ4v) is 2.86. The van der Waals surface area contributed by atoms with Crippen molar-refractivity contribution < 1.29 is 9.53 Å². The highest BCUT2D eigenvalue weighted by atomic mass is 16.5. The first-order valence-corrected chi connectivity index (χ1v) is 6.99. The van der Waals surface area contributed by atoms with Gasteiger partial charge in [-0.15, -0.1) is 0 Å². The molecule has 0 spiro atoms. The van der Waals surface area contributed by atoms with Crippen molar-refractivity contribution in [2.75, 3.05) is 25.0 Å². The fraction of sp³-hybridized carbons (Fsp3) is 0.533. The van der Waals surface area contributed by atoms with E-state index in [0.717, 1.165) is 31.7 Å². The van der Waals surface area contributed by atoms with Crippen LogP contribution < -0.4 is 5.32 Å². The van der Waals surface area contributed by atoms with Gasteiger partial charge in [-0.2, -0.15) is 0 Å². The van der Waals surface area contributed by atoms with E-state index >= 15 is 0 Å². The number of carbonyl (C=O) groups is 1. The Morgan fingerprint density at radius 3 is 3.11 bits per heavy atom. The Morgan fingerprint density at radius 2 is 2.26 bits per heavy atom. The van der Waals surface area contributed by atoms with Crippen LogP contribution in [0.15, 0.2) is 24.3 Å². The lowest BCUT2D eigenvalue weighted by atomic mass is 10.1. The normalized spacial score (nSPS) is 26.5. The van der Waals surface area contributed by atoms with Gasteiger partial charge in [0.1, 0.15) is 6.04 Å². The average molecular weight is 260 g/mol. The molecule has 0 aliphatic carbocycles. The van der Waals surface area contributed by atoms with Crippen LogP contribution in [0.5, 0.6) is 0 Å². The van der Waals surface area contributed by atoms with Crippen LogP contribution in [0.3, 0.4) is 0 Å². The summed E-state index contributed by atoms with van der Waals surface area (Å²) in [5.74, 6) is 0.202. The number of hydrogen-bond acceptors (Lipinski definition) is 3. The lowest BCUT2D eigenvalue weighted by Crippen LogP contribution is -2.44. The predicted octanol–water partition coefficient (Wildman–Crippen LogP) is 1.66. The van der Waals surface area contributed by atoms with Gasteiger partial charge in [0, 0.05) is 31.8 Å². The summed E-state index contributed by atoms with van der Waals surface area (Å²) in [6, 6.07) is 8.04. The molecule has 1 saturated heterocycles. The number of para-hydroxylation sites is 1. The van der Waals surface area contributed by atoms with E-state index in [1.165, 1.54) is 5.56 Å². The Kier molecular flexibility index (Phi) is 3.42. The van der Waals surface area contributed by atoms with E-state index < -0.39 is 0 Å². The standard InChI is InChI=1S/C15H20N2O2/c1-11-10-17(7-4-8-19-11)15(18)14-9-12-5-2-3-6-13(12)16-14/h2-3,5-6,11,14,16H,4,7-10H2,1H3/t11?,14-/m0/s1. The maximum atomic E-state index is 12.6. The number of anilines is 1. The molecule has 1 aromatic rings. The third-order valence-corrected chi connectivity index (χ3v) is 3.83. The van der Waals surface area contributed by atoms with E-state index in [0.29, 0.717) is 6.54 Å². The number of fused-ring (bicyclic) bond motifs is 1. The van der Waals surface area contributed by atoms with Crippen molar-refractivity contribution in [3.05, 3.63) is 29.8 Å². The van der Waals surface area contributed by atoms with Gasteiger partial charge in [0.2, 0.25) is 5.91 Å². The zero-order chi connectivity index (χ0) is 13.2. The molecule has 1 fully saturated rings. The topological polar surface area (TPSA) is 41.6 Å². The van der Waals surface area contributed by atoms with Crippen LogP contribution >= 0.6 is 0 Å². The first-order valence-electron chi connectivity index (χ1n) is 6.99. The molecular weight excluding hydrogens is 240 g/mol. The van der Waals surface area contributed by atoms with Crippen molar-refractivity contribution >= 4 is 11.6 Å². The van der Waals surface area contributed by atoms with E-state index in [9.17, 15) is 4.79 Å². The van der Waals surface area contributed by atoms with Gasteiger partial charge in [0.05, 0.1) is 6.10 Å². The molecule has 102 valence electrons. The van der Waals surface area contributed by atoms with Gasteiger partial charge in [0.15, 0.2) is 0 Å². The molecule has 0 bridgehead atoms. The number of benzene rings is 1. The molecule has 0 radical (unpaired) electrons. The number of carbonyl (C=O) groups excluding carboxylic acids is 1. The molecule has 1 aromatic carbocycles. The van der Waals surface area contributed by atoms with Gasteiger partial charge in [-0.3, -0.25) is 4.79 Å². The van der Waals surface area contributed by atoms with E-state index in [1.54, 1.807) is 0 Å². The second kappa shape index (κ2) is 5.21. The number of nitrogens with zero attached hydrogens (tertiary/aromatic N) is 1. The summed E-state index contributed by atoms with van der Waals surface area (Å²) >= 11 is 0. The van der Waals surface area contributed by atoms with Crippen LogP contribution in [-0.2, 0) is 16.0 Å². The van der Waals surface area contributed by atoms with Gasteiger partial charge in [-0.25, -0.2) is 0 Å². The lowest BCUT2D eigenvalue weighted by Gasteiger charge is -2.25. The molecule has 0 saturated carbocycles. The Hall–Kier alpha value is -1.55. The van der Waals surface area contributed by atoms with Crippen molar-refractivity contribution in [2.24, 2.45) is 0 Å². The summed E-state index contributed by atoms with van der Waals surface area (Å²) in [5, 5.41) is 3.33. The van der Waals surface area contributed by atoms with Crippen LogP contribution in [0.25, 0.3) is 0 Å². The summed E-state index contributed by atoms with van der Waals surface area (Å²) in [4.78, 5) is 14.5. The molecule has 0 aromatic heterocycles. The summed E-state index contributed by atoms with van der Waals surface area (Å²) in [6.45, 7) is 4.29. The quantitative estimate of drug-likeness (QED) is 0.835. The molecule has 2 atom stereocenters. The Bertz CT molecular complexity index is 450. The molecule has 2 aliphatic heterocycles. The zero-order valence-corrected chi connectivity index (χ0v) is 11.3. The summed E-state index contributed by atoms with van der Waals surface area (Å²) in [5.41, 5.74) is 2.33. The second-order valence-electron chi connectivity index (χ2n) is 5.38. The highest BCUT2D eigenvalue weighted by Gasteiger charge is 2.31. The van der Waals surface area contributed by atoms with Crippen molar-refractivity contribution in [1.29, 1.82) is 0 Å². The number of hydrogen-bond donors (Lipinski definition) is 1. The number of amides is 1. The van der Waals surface area contributed by atoms with E-state index in [-0.39, 0.29) is 18.1 Å². The summed E-state index contributed by atoms with van der Waals surface area (Å²) in [7, 11) is 0.